The maximum Gasteiger partial charge on any atom is 0.162 e. The summed E-state index contributed by atoms with van der Waals surface area (Å²) in [5, 5.41) is 1.12. The van der Waals surface area contributed by atoms with Crippen LogP contribution in [0.25, 0.3) is 22.4 Å². The highest BCUT2D eigenvalue weighted by atomic mass is 15.2. The molecule has 0 spiro atoms. The van der Waals surface area contributed by atoms with Gasteiger partial charge in [0.05, 0.1) is 5.69 Å². The molecule has 1 fully saturated rings. The van der Waals surface area contributed by atoms with E-state index in [4.69, 9.17) is 9.97 Å². The zero-order chi connectivity index (χ0) is 26.6. The van der Waals surface area contributed by atoms with Crippen molar-refractivity contribution in [3.05, 3.63) is 64.6 Å². The number of aryl methyl sites for hydroxylation is 2. The molecule has 2 aliphatic rings. The Hall–Kier alpha value is -3.41. The molecule has 0 unspecified atom stereocenters. The summed E-state index contributed by atoms with van der Waals surface area (Å²) in [6, 6.07) is 9.02. The number of hydrogen-bond acceptors (Lipinski definition) is 5. The molecule has 3 aromatic heterocycles. The number of aromatic nitrogens is 4. The van der Waals surface area contributed by atoms with E-state index in [-0.39, 0.29) is 5.41 Å². The molecule has 1 saturated heterocycles. The summed E-state index contributed by atoms with van der Waals surface area (Å²) >= 11 is 0. The van der Waals surface area contributed by atoms with Gasteiger partial charge in [0, 0.05) is 67.2 Å². The summed E-state index contributed by atoms with van der Waals surface area (Å²) in [4.78, 5) is 23.5. The van der Waals surface area contributed by atoms with E-state index in [0.29, 0.717) is 5.92 Å². The van der Waals surface area contributed by atoms with Gasteiger partial charge in [-0.15, -0.1) is 0 Å². The van der Waals surface area contributed by atoms with Gasteiger partial charge >= 0.3 is 0 Å². The molecule has 6 rings (SSSR count). The lowest BCUT2D eigenvalue weighted by Crippen LogP contribution is -2.42. The van der Waals surface area contributed by atoms with Crippen LogP contribution in [0.1, 0.15) is 74.4 Å². The Labute approximate surface area is 226 Å². The number of rotatable bonds is 4. The van der Waals surface area contributed by atoms with Gasteiger partial charge in [0.15, 0.2) is 5.82 Å². The van der Waals surface area contributed by atoms with Gasteiger partial charge in [0.1, 0.15) is 11.5 Å². The number of benzene rings is 1. The summed E-state index contributed by atoms with van der Waals surface area (Å²) in [6.07, 6.45) is 7.26. The number of aromatic amines is 1. The third-order valence-corrected chi connectivity index (χ3v) is 8.49. The Kier molecular flexibility index (Phi) is 6.16. The minimum atomic E-state index is 0.272. The van der Waals surface area contributed by atoms with Gasteiger partial charge < -0.3 is 14.8 Å². The van der Waals surface area contributed by atoms with Gasteiger partial charge in [-0.05, 0) is 66.8 Å². The number of hydrogen-bond donors (Lipinski definition) is 1. The van der Waals surface area contributed by atoms with Crippen LogP contribution in [0.2, 0.25) is 0 Å². The Morgan fingerprint density at radius 3 is 2.63 bits per heavy atom. The minimum absolute atomic E-state index is 0.272. The largest absolute Gasteiger partial charge is 0.366 e. The first-order chi connectivity index (χ1) is 18.2. The van der Waals surface area contributed by atoms with Gasteiger partial charge in [-0.3, -0.25) is 0 Å². The summed E-state index contributed by atoms with van der Waals surface area (Å²) in [6.45, 7) is 17.5. The molecular formula is C32H40N6. The fraction of sp³-hybridized carbons (Fsp3) is 0.469. The molecule has 0 radical (unpaired) electrons. The van der Waals surface area contributed by atoms with Crippen molar-refractivity contribution in [1.29, 1.82) is 0 Å². The van der Waals surface area contributed by atoms with Gasteiger partial charge in [0.2, 0.25) is 0 Å². The highest BCUT2D eigenvalue weighted by Crippen LogP contribution is 2.38. The predicted molar refractivity (Wildman–Crippen MR) is 157 cm³/mol. The standard InChI is InChI=1S/C32H40N6/c1-20(2)23-9-8-21(3)27(16-23)37-15-11-26-25(18-37)31(38-14-7-12-32(5,6)19-38)36-29(35-26)24-10-13-33-30-28(24)22(4)17-34-30/h8-10,13,16-17,20H,7,11-12,14-15,18-19H2,1-6H3,(H,33,34). The molecule has 198 valence electrons. The van der Waals surface area contributed by atoms with E-state index < -0.39 is 0 Å². The van der Waals surface area contributed by atoms with Crippen LogP contribution in [-0.4, -0.2) is 39.6 Å². The van der Waals surface area contributed by atoms with E-state index in [1.807, 2.05) is 12.4 Å². The molecule has 4 aromatic rings. The van der Waals surface area contributed by atoms with Crippen molar-refractivity contribution in [1.82, 2.24) is 19.9 Å². The van der Waals surface area contributed by atoms with E-state index >= 15 is 0 Å². The number of pyridine rings is 1. The Morgan fingerprint density at radius 1 is 1.00 bits per heavy atom. The first-order valence-corrected chi connectivity index (χ1v) is 14.1. The molecule has 0 bridgehead atoms. The molecule has 1 aromatic carbocycles. The van der Waals surface area contributed by atoms with Crippen molar-refractivity contribution < 1.29 is 0 Å². The van der Waals surface area contributed by atoms with E-state index in [2.05, 4.69) is 85.6 Å². The lowest BCUT2D eigenvalue weighted by atomic mass is 9.84. The lowest BCUT2D eigenvalue weighted by molar-refractivity contribution is 0.291. The predicted octanol–water partition coefficient (Wildman–Crippen LogP) is 6.95. The van der Waals surface area contributed by atoms with Crippen LogP contribution in [0.3, 0.4) is 0 Å². The summed E-state index contributed by atoms with van der Waals surface area (Å²) in [7, 11) is 0. The fourth-order valence-corrected chi connectivity index (χ4v) is 6.32. The summed E-state index contributed by atoms with van der Waals surface area (Å²) in [5.74, 6) is 2.46. The molecule has 0 saturated carbocycles. The van der Waals surface area contributed by atoms with Gasteiger partial charge in [-0.1, -0.05) is 39.8 Å². The monoisotopic (exact) mass is 508 g/mol. The maximum atomic E-state index is 5.36. The van der Waals surface area contributed by atoms with Crippen LogP contribution >= 0.6 is 0 Å². The fourth-order valence-electron chi connectivity index (χ4n) is 6.32. The van der Waals surface area contributed by atoms with Crippen molar-refractivity contribution in [2.45, 2.75) is 73.3 Å². The van der Waals surface area contributed by atoms with Crippen LogP contribution < -0.4 is 9.80 Å². The van der Waals surface area contributed by atoms with Gasteiger partial charge in [-0.2, -0.15) is 0 Å². The molecule has 0 amide bonds. The number of piperidine rings is 1. The lowest BCUT2D eigenvalue weighted by Gasteiger charge is -2.41. The smallest absolute Gasteiger partial charge is 0.162 e. The summed E-state index contributed by atoms with van der Waals surface area (Å²) < 4.78 is 0. The molecule has 2 aliphatic heterocycles. The molecule has 6 nitrogen and oxygen atoms in total. The highest BCUT2D eigenvalue weighted by molar-refractivity contribution is 5.94. The summed E-state index contributed by atoms with van der Waals surface area (Å²) in [5.41, 5.74) is 9.97. The van der Waals surface area contributed by atoms with Crippen LogP contribution in [0, 0.1) is 19.3 Å². The molecule has 5 heterocycles. The van der Waals surface area contributed by atoms with E-state index in [0.717, 1.165) is 60.8 Å². The second-order valence-corrected chi connectivity index (χ2v) is 12.4. The SMILES string of the molecule is Cc1ccc(C(C)C)cc1N1CCc2nc(-c3ccnc4[nH]cc(C)c34)nc(N3CCCC(C)(C)C3)c2C1. The first kappa shape index (κ1) is 24.9. The first-order valence-electron chi connectivity index (χ1n) is 14.1. The van der Waals surface area contributed by atoms with Crippen LogP contribution in [0.5, 0.6) is 0 Å². The number of nitrogens with one attached hydrogen (secondary N) is 1. The quantitative estimate of drug-likeness (QED) is 0.323. The number of anilines is 2. The van der Waals surface area contributed by atoms with Crippen molar-refractivity contribution in [2.24, 2.45) is 5.41 Å². The molecule has 0 atom stereocenters. The van der Waals surface area contributed by atoms with E-state index in [1.165, 1.54) is 46.5 Å². The second-order valence-electron chi connectivity index (χ2n) is 12.4. The van der Waals surface area contributed by atoms with Crippen molar-refractivity contribution >= 4 is 22.5 Å². The highest BCUT2D eigenvalue weighted by Gasteiger charge is 2.32. The minimum Gasteiger partial charge on any atom is -0.366 e. The third-order valence-electron chi connectivity index (χ3n) is 8.49. The van der Waals surface area contributed by atoms with Crippen molar-refractivity contribution in [2.75, 3.05) is 29.4 Å². The third kappa shape index (κ3) is 4.44. The zero-order valence-electron chi connectivity index (χ0n) is 23.7. The Bertz CT molecular complexity index is 1500. The molecule has 0 aliphatic carbocycles. The normalized spacial score (nSPS) is 17.3. The molecule has 38 heavy (non-hydrogen) atoms. The average Bonchev–Trinajstić information content (AvgIpc) is 3.28. The Morgan fingerprint density at radius 2 is 1.84 bits per heavy atom. The van der Waals surface area contributed by atoms with Crippen LogP contribution in [-0.2, 0) is 13.0 Å². The molecule has 6 heteroatoms. The topological polar surface area (TPSA) is 60.9 Å². The van der Waals surface area contributed by atoms with Crippen LogP contribution in [0.4, 0.5) is 11.5 Å². The Balaban J connectivity index is 1.47. The number of fused-ring (bicyclic) bond motifs is 2. The van der Waals surface area contributed by atoms with Crippen molar-refractivity contribution in [3.8, 4) is 11.4 Å². The van der Waals surface area contributed by atoms with Gasteiger partial charge in [-0.25, -0.2) is 15.0 Å². The second kappa shape index (κ2) is 9.40. The average molecular weight is 509 g/mol. The zero-order valence-corrected chi connectivity index (χ0v) is 23.7. The van der Waals surface area contributed by atoms with E-state index in [1.54, 1.807) is 0 Å². The number of H-pyrrole nitrogens is 1. The van der Waals surface area contributed by atoms with Crippen molar-refractivity contribution in [3.63, 3.8) is 0 Å². The molecular weight excluding hydrogens is 468 g/mol. The maximum absolute atomic E-state index is 5.36. The van der Waals surface area contributed by atoms with Crippen LogP contribution in [0.15, 0.2) is 36.7 Å². The number of nitrogens with zero attached hydrogens (tertiary/aromatic N) is 5. The van der Waals surface area contributed by atoms with Gasteiger partial charge in [0.25, 0.3) is 0 Å². The van der Waals surface area contributed by atoms with E-state index in [9.17, 15) is 0 Å². The molecule has 1 N–H and O–H groups in total.